The Morgan fingerprint density at radius 3 is 2.31 bits per heavy atom. The van der Waals surface area contributed by atoms with Gasteiger partial charge in [0, 0.05) is 8.07 Å². The largest absolute Gasteiger partial charge is 0.480 e. The van der Waals surface area contributed by atoms with Crippen LogP contribution < -0.4 is 5.32 Å². The molecule has 0 saturated carbocycles. The highest BCUT2D eigenvalue weighted by molar-refractivity contribution is 6.76. The predicted octanol–water partition coefficient (Wildman–Crippen LogP) is 0.496. The molecule has 0 aliphatic rings. The highest BCUT2D eigenvalue weighted by atomic mass is 28.3. The fourth-order valence-electron chi connectivity index (χ4n) is 0.819. The number of hydrogen-bond acceptors (Lipinski definition) is 4. The summed E-state index contributed by atoms with van der Waals surface area (Å²) in [7, 11) is -1.26. The summed E-state index contributed by atoms with van der Waals surface area (Å²) >= 11 is 0. The number of aliphatic carboxylic acids is 1. The molecule has 0 spiro atoms. The van der Waals surface area contributed by atoms with Crippen LogP contribution in [-0.2, 0) is 9.53 Å². The van der Waals surface area contributed by atoms with Gasteiger partial charge < -0.3 is 20.3 Å². The molecule has 0 aliphatic carbocycles. The maximum atomic E-state index is 11.1. The van der Waals surface area contributed by atoms with Gasteiger partial charge in [0.2, 0.25) is 0 Å². The summed E-state index contributed by atoms with van der Waals surface area (Å²) in [5.74, 6) is -1.29. The first-order chi connectivity index (χ1) is 7.26. The van der Waals surface area contributed by atoms with E-state index in [0.717, 1.165) is 6.04 Å². The number of rotatable bonds is 6. The molecule has 0 rings (SSSR count). The van der Waals surface area contributed by atoms with Crippen molar-refractivity contribution in [2.75, 3.05) is 13.2 Å². The first-order valence-electron chi connectivity index (χ1n) is 5.03. The normalized spacial score (nSPS) is 13.0. The van der Waals surface area contributed by atoms with E-state index >= 15 is 0 Å². The predicted molar refractivity (Wildman–Crippen MR) is 61.1 cm³/mol. The molecule has 94 valence electrons. The lowest BCUT2D eigenvalue weighted by Gasteiger charge is -2.16. The van der Waals surface area contributed by atoms with Crippen LogP contribution in [0.1, 0.15) is 0 Å². The van der Waals surface area contributed by atoms with Gasteiger partial charge in [-0.1, -0.05) is 19.6 Å². The summed E-state index contributed by atoms with van der Waals surface area (Å²) in [6, 6.07) is -0.489. The SMILES string of the molecule is C[Si](C)(C)CCOC(=O)N[C@@H](CO)C(=O)O. The maximum Gasteiger partial charge on any atom is 0.407 e. The Morgan fingerprint density at radius 2 is 1.94 bits per heavy atom. The number of aliphatic hydroxyl groups is 1. The Bertz CT molecular complexity index is 251. The Labute approximate surface area is 95.6 Å². The number of nitrogens with one attached hydrogen (secondary N) is 1. The molecule has 0 heterocycles. The lowest BCUT2D eigenvalue weighted by Crippen LogP contribution is -2.43. The van der Waals surface area contributed by atoms with Gasteiger partial charge >= 0.3 is 12.1 Å². The van der Waals surface area contributed by atoms with Crippen molar-refractivity contribution in [2.45, 2.75) is 31.7 Å². The van der Waals surface area contributed by atoms with Crippen LogP contribution in [0.15, 0.2) is 0 Å². The molecule has 16 heavy (non-hydrogen) atoms. The molecule has 0 fully saturated rings. The zero-order valence-electron chi connectivity index (χ0n) is 9.82. The monoisotopic (exact) mass is 249 g/mol. The third-order valence-electron chi connectivity index (χ3n) is 1.86. The third-order valence-corrected chi connectivity index (χ3v) is 3.56. The molecule has 0 bridgehead atoms. The molecule has 1 amide bonds. The van der Waals surface area contributed by atoms with Gasteiger partial charge in [-0.25, -0.2) is 9.59 Å². The molecule has 0 aliphatic heterocycles. The van der Waals surface area contributed by atoms with Gasteiger partial charge in [0.05, 0.1) is 13.2 Å². The molecule has 0 unspecified atom stereocenters. The summed E-state index contributed by atoms with van der Waals surface area (Å²) in [5, 5.41) is 19.3. The molecule has 0 radical (unpaired) electrons. The van der Waals surface area contributed by atoms with E-state index in [4.69, 9.17) is 14.9 Å². The smallest absolute Gasteiger partial charge is 0.407 e. The standard InChI is InChI=1S/C9H19NO5Si/c1-16(2,3)5-4-15-9(14)10-7(6-11)8(12)13/h7,11H,4-6H2,1-3H3,(H,10,14)(H,12,13)/t7-/m0/s1. The van der Waals surface area contributed by atoms with Crippen molar-refractivity contribution in [1.82, 2.24) is 5.32 Å². The van der Waals surface area contributed by atoms with Crippen LogP contribution in [0.25, 0.3) is 0 Å². The fraction of sp³-hybridized carbons (Fsp3) is 0.778. The highest BCUT2D eigenvalue weighted by Crippen LogP contribution is 2.07. The van der Waals surface area contributed by atoms with Crippen LogP contribution in [0.5, 0.6) is 0 Å². The minimum absolute atomic E-state index is 0.277. The second kappa shape index (κ2) is 6.49. The minimum atomic E-state index is -1.31. The Kier molecular flexibility index (Phi) is 6.05. The van der Waals surface area contributed by atoms with Gasteiger partial charge in [-0.05, 0) is 6.04 Å². The van der Waals surface area contributed by atoms with Crippen LogP contribution >= 0.6 is 0 Å². The van der Waals surface area contributed by atoms with Crippen LogP contribution in [0.4, 0.5) is 4.79 Å². The summed E-state index contributed by atoms with van der Waals surface area (Å²) in [5.41, 5.74) is 0. The number of ether oxygens (including phenoxy) is 1. The summed E-state index contributed by atoms with van der Waals surface area (Å²) in [6.07, 6.45) is -0.806. The van der Waals surface area contributed by atoms with Crippen molar-refractivity contribution in [3.05, 3.63) is 0 Å². The molecule has 0 aromatic rings. The third kappa shape index (κ3) is 7.24. The molecule has 0 saturated heterocycles. The van der Waals surface area contributed by atoms with Crippen molar-refractivity contribution < 1.29 is 24.5 Å². The number of alkyl carbamates (subject to hydrolysis) is 1. The number of carbonyl (C=O) groups is 2. The zero-order valence-corrected chi connectivity index (χ0v) is 10.8. The number of hydrogen-bond donors (Lipinski definition) is 3. The topological polar surface area (TPSA) is 95.9 Å². The molecule has 0 aromatic heterocycles. The lowest BCUT2D eigenvalue weighted by atomic mass is 10.3. The Morgan fingerprint density at radius 1 is 1.38 bits per heavy atom. The van der Waals surface area contributed by atoms with E-state index in [1.54, 1.807) is 0 Å². The fourth-order valence-corrected chi connectivity index (χ4v) is 1.53. The van der Waals surface area contributed by atoms with Crippen molar-refractivity contribution in [3.63, 3.8) is 0 Å². The molecule has 6 nitrogen and oxygen atoms in total. The van der Waals surface area contributed by atoms with Crippen LogP contribution in [0.3, 0.4) is 0 Å². The van der Waals surface area contributed by atoms with Crippen molar-refractivity contribution in [3.8, 4) is 0 Å². The number of carboxylic acid groups (broad SMARTS) is 1. The molecular weight excluding hydrogens is 230 g/mol. The van der Waals surface area contributed by atoms with Gasteiger partial charge in [-0.2, -0.15) is 0 Å². The maximum absolute atomic E-state index is 11.1. The number of carbonyl (C=O) groups excluding carboxylic acids is 1. The number of aliphatic hydroxyl groups excluding tert-OH is 1. The average molecular weight is 249 g/mol. The van der Waals surface area contributed by atoms with Crippen LogP contribution in [0.2, 0.25) is 25.7 Å². The zero-order chi connectivity index (χ0) is 12.8. The van der Waals surface area contributed by atoms with Gasteiger partial charge in [-0.3, -0.25) is 0 Å². The van der Waals surface area contributed by atoms with Crippen molar-refractivity contribution in [2.24, 2.45) is 0 Å². The van der Waals surface area contributed by atoms with Gasteiger partial charge in [0.25, 0.3) is 0 Å². The lowest BCUT2D eigenvalue weighted by molar-refractivity contribution is -0.140. The second-order valence-electron chi connectivity index (χ2n) is 4.66. The quantitative estimate of drug-likeness (QED) is 0.596. The Balaban J connectivity index is 3.86. The van der Waals surface area contributed by atoms with E-state index < -0.39 is 32.8 Å². The first kappa shape index (κ1) is 14.9. The second-order valence-corrected chi connectivity index (χ2v) is 10.3. The first-order valence-corrected chi connectivity index (χ1v) is 8.74. The van der Waals surface area contributed by atoms with E-state index in [0.29, 0.717) is 0 Å². The van der Waals surface area contributed by atoms with E-state index in [-0.39, 0.29) is 6.61 Å². The van der Waals surface area contributed by atoms with E-state index in [1.807, 2.05) is 0 Å². The highest BCUT2D eigenvalue weighted by Gasteiger charge is 2.20. The molecule has 0 aromatic carbocycles. The minimum Gasteiger partial charge on any atom is -0.480 e. The molecule has 1 atom stereocenters. The van der Waals surface area contributed by atoms with Gasteiger partial charge in [0.15, 0.2) is 6.04 Å². The molecule has 3 N–H and O–H groups in total. The van der Waals surface area contributed by atoms with Crippen LogP contribution in [0, 0.1) is 0 Å². The summed E-state index contributed by atoms with van der Waals surface area (Å²) in [4.78, 5) is 21.6. The van der Waals surface area contributed by atoms with Crippen LogP contribution in [-0.4, -0.2) is 49.6 Å². The summed E-state index contributed by atoms with van der Waals surface area (Å²) in [6.45, 7) is 6.05. The van der Waals surface area contributed by atoms with Gasteiger partial charge in [0.1, 0.15) is 0 Å². The molecule has 7 heteroatoms. The summed E-state index contributed by atoms with van der Waals surface area (Å²) < 4.78 is 4.81. The molecular formula is C9H19NO5Si. The van der Waals surface area contributed by atoms with Crippen molar-refractivity contribution in [1.29, 1.82) is 0 Å². The van der Waals surface area contributed by atoms with E-state index in [2.05, 4.69) is 25.0 Å². The average Bonchev–Trinajstić information content (AvgIpc) is 2.11. The Hall–Kier alpha value is -1.08. The number of amides is 1. The van der Waals surface area contributed by atoms with Crippen molar-refractivity contribution >= 4 is 20.1 Å². The number of carboxylic acids is 1. The van der Waals surface area contributed by atoms with E-state index in [9.17, 15) is 9.59 Å². The van der Waals surface area contributed by atoms with Gasteiger partial charge in [-0.15, -0.1) is 0 Å². The van der Waals surface area contributed by atoms with E-state index in [1.165, 1.54) is 0 Å².